The van der Waals surface area contributed by atoms with Gasteiger partial charge in [0.15, 0.2) is 0 Å². The van der Waals surface area contributed by atoms with Crippen LogP contribution in [0.3, 0.4) is 0 Å². The number of nitro groups is 1. The topological polar surface area (TPSA) is 63.5 Å². The van der Waals surface area contributed by atoms with Gasteiger partial charge in [-0.3, -0.25) is 14.9 Å². The van der Waals surface area contributed by atoms with Crippen LogP contribution in [0.15, 0.2) is 47.4 Å². The van der Waals surface area contributed by atoms with Gasteiger partial charge in [-0.05, 0) is 30.3 Å². The van der Waals surface area contributed by atoms with E-state index in [0.29, 0.717) is 5.69 Å². The molecule has 0 unspecified atom stereocenters. The fraction of sp³-hybridized carbons (Fsp3) is 0.188. The molecule has 2 aromatic carbocycles. The van der Waals surface area contributed by atoms with Crippen LogP contribution in [0.25, 0.3) is 0 Å². The monoisotopic (exact) mass is 404 g/mol. The molecule has 0 aliphatic heterocycles. The molecule has 2 aromatic rings. The Bertz CT molecular complexity index is 828. The Labute approximate surface area is 155 Å². The van der Waals surface area contributed by atoms with Crippen LogP contribution in [-0.2, 0) is 11.0 Å². The van der Waals surface area contributed by atoms with Gasteiger partial charge in [0.2, 0.25) is 5.91 Å². The molecule has 0 heterocycles. The van der Waals surface area contributed by atoms with E-state index in [1.807, 2.05) is 0 Å². The van der Waals surface area contributed by atoms with E-state index in [4.69, 9.17) is 11.6 Å². The second-order valence-electron chi connectivity index (χ2n) is 5.15. The molecule has 0 saturated heterocycles. The number of carbonyl (C=O) groups excluding carboxylic acids is 1. The maximum absolute atomic E-state index is 12.8. The van der Waals surface area contributed by atoms with Crippen LogP contribution in [0.2, 0.25) is 5.02 Å². The predicted molar refractivity (Wildman–Crippen MR) is 93.7 cm³/mol. The van der Waals surface area contributed by atoms with Crippen molar-refractivity contribution in [3.63, 3.8) is 0 Å². The van der Waals surface area contributed by atoms with Crippen molar-refractivity contribution in [1.82, 2.24) is 0 Å². The zero-order valence-corrected chi connectivity index (χ0v) is 14.9. The molecule has 0 fully saturated rings. The first kappa shape index (κ1) is 20.1. The van der Waals surface area contributed by atoms with Gasteiger partial charge in [-0.25, -0.2) is 0 Å². The van der Waals surface area contributed by atoms with Crippen molar-refractivity contribution < 1.29 is 22.9 Å². The number of thioether (sulfide) groups is 1. The second kappa shape index (κ2) is 7.96. The van der Waals surface area contributed by atoms with Crippen molar-refractivity contribution in [3.8, 4) is 0 Å². The summed E-state index contributed by atoms with van der Waals surface area (Å²) in [5.74, 6) is -0.473. The number of hydrogen-bond donors (Lipinski definition) is 0. The maximum atomic E-state index is 12.8. The minimum Gasteiger partial charge on any atom is -0.315 e. The lowest BCUT2D eigenvalue weighted by molar-refractivity contribution is -0.384. The number of halogens is 4. The molecule has 0 bridgehead atoms. The zero-order valence-electron chi connectivity index (χ0n) is 13.3. The highest BCUT2D eigenvalue weighted by atomic mass is 35.5. The molecule has 26 heavy (non-hydrogen) atoms. The lowest BCUT2D eigenvalue weighted by atomic mass is 10.2. The molecule has 0 radical (unpaired) electrons. The summed E-state index contributed by atoms with van der Waals surface area (Å²) in [7, 11) is 1.48. The van der Waals surface area contributed by atoms with Gasteiger partial charge in [0.25, 0.3) is 5.69 Å². The van der Waals surface area contributed by atoms with E-state index in [1.165, 1.54) is 42.3 Å². The van der Waals surface area contributed by atoms with Crippen molar-refractivity contribution in [3.05, 3.63) is 63.2 Å². The van der Waals surface area contributed by atoms with E-state index < -0.39 is 21.7 Å². The molecular weight excluding hydrogens is 393 g/mol. The molecule has 10 heteroatoms. The highest BCUT2D eigenvalue weighted by Gasteiger charge is 2.33. The second-order valence-corrected chi connectivity index (χ2v) is 6.61. The van der Waals surface area contributed by atoms with E-state index in [0.717, 1.165) is 23.9 Å². The van der Waals surface area contributed by atoms with E-state index >= 15 is 0 Å². The van der Waals surface area contributed by atoms with Crippen LogP contribution in [0.1, 0.15) is 5.56 Å². The summed E-state index contributed by atoms with van der Waals surface area (Å²) in [6.45, 7) is 0. The average Bonchev–Trinajstić information content (AvgIpc) is 2.59. The van der Waals surface area contributed by atoms with Gasteiger partial charge < -0.3 is 4.90 Å². The predicted octanol–water partition coefficient (Wildman–Crippen LogP) is 5.02. The summed E-state index contributed by atoms with van der Waals surface area (Å²) < 4.78 is 38.5. The van der Waals surface area contributed by atoms with Crippen LogP contribution in [0.4, 0.5) is 24.5 Å². The summed E-state index contributed by atoms with van der Waals surface area (Å²) >= 11 is 6.50. The number of nitrogens with zero attached hydrogens (tertiary/aromatic N) is 2. The van der Waals surface area contributed by atoms with Gasteiger partial charge in [0.1, 0.15) is 0 Å². The molecule has 0 spiro atoms. The van der Waals surface area contributed by atoms with Crippen molar-refractivity contribution in [1.29, 1.82) is 0 Å². The molecule has 0 atom stereocenters. The number of rotatable bonds is 5. The third-order valence-corrected chi connectivity index (χ3v) is 4.74. The molecule has 138 valence electrons. The Kier molecular flexibility index (Phi) is 6.14. The lowest BCUT2D eigenvalue weighted by Gasteiger charge is -2.17. The van der Waals surface area contributed by atoms with Crippen LogP contribution < -0.4 is 4.90 Å². The number of hydrogen-bond acceptors (Lipinski definition) is 4. The van der Waals surface area contributed by atoms with Gasteiger partial charge in [-0.15, -0.1) is 11.8 Å². The molecule has 0 aliphatic rings. The largest absolute Gasteiger partial charge is 0.417 e. The number of amides is 1. The third-order valence-electron chi connectivity index (χ3n) is 3.43. The standard InChI is InChI=1S/C16H12ClF3N2O3S/c1-21(10-2-4-11(5-3-10)22(24)25)15(23)9-26-12-6-7-14(17)13(8-12)16(18,19)20/h2-8H,9H2,1H3. The van der Waals surface area contributed by atoms with E-state index in [-0.39, 0.29) is 22.2 Å². The van der Waals surface area contributed by atoms with Crippen molar-refractivity contribution in [2.45, 2.75) is 11.1 Å². The minimum atomic E-state index is -4.58. The van der Waals surface area contributed by atoms with E-state index in [1.54, 1.807) is 0 Å². The van der Waals surface area contributed by atoms with Gasteiger partial charge in [0, 0.05) is 29.8 Å². The Balaban J connectivity index is 2.05. The summed E-state index contributed by atoms with van der Waals surface area (Å²) in [5, 5.41) is 10.2. The molecule has 2 rings (SSSR count). The van der Waals surface area contributed by atoms with Gasteiger partial charge >= 0.3 is 6.18 Å². The van der Waals surface area contributed by atoms with Crippen LogP contribution in [0, 0.1) is 10.1 Å². The zero-order chi connectivity index (χ0) is 19.5. The van der Waals surface area contributed by atoms with Gasteiger partial charge in [0.05, 0.1) is 21.3 Å². The molecule has 0 saturated carbocycles. The number of alkyl halides is 3. The minimum absolute atomic E-state index is 0.105. The normalized spacial score (nSPS) is 11.3. The highest BCUT2D eigenvalue weighted by molar-refractivity contribution is 8.00. The highest BCUT2D eigenvalue weighted by Crippen LogP contribution is 2.37. The number of nitro benzene ring substituents is 1. The molecule has 5 nitrogen and oxygen atoms in total. The smallest absolute Gasteiger partial charge is 0.315 e. The van der Waals surface area contributed by atoms with E-state index in [9.17, 15) is 28.1 Å². The SMILES string of the molecule is CN(C(=O)CSc1ccc(Cl)c(C(F)(F)F)c1)c1ccc([N+](=O)[O-])cc1. The Hall–Kier alpha value is -2.26. The van der Waals surface area contributed by atoms with Gasteiger partial charge in [-0.1, -0.05) is 11.6 Å². The Morgan fingerprint density at radius 3 is 2.38 bits per heavy atom. The number of non-ortho nitro benzene ring substituents is 1. The first-order valence-corrected chi connectivity index (χ1v) is 8.46. The number of anilines is 1. The molecule has 0 aliphatic carbocycles. The van der Waals surface area contributed by atoms with Gasteiger partial charge in [-0.2, -0.15) is 13.2 Å². The fourth-order valence-electron chi connectivity index (χ4n) is 2.00. The number of benzene rings is 2. The summed E-state index contributed by atoms with van der Waals surface area (Å²) in [5.41, 5.74) is -0.626. The summed E-state index contributed by atoms with van der Waals surface area (Å²) in [4.78, 5) is 23.8. The Morgan fingerprint density at radius 1 is 1.23 bits per heavy atom. The lowest BCUT2D eigenvalue weighted by Crippen LogP contribution is -2.27. The number of carbonyl (C=O) groups is 1. The molecular formula is C16H12ClF3N2O3S. The molecule has 0 N–H and O–H groups in total. The van der Waals surface area contributed by atoms with Crippen LogP contribution in [0.5, 0.6) is 0 Å². The van der Waals surface area contributed by atoms with Crippen molar-refractivity contribution in [2.24, 2.45) is 0 Å². The van der Waals surface area contributed by atoms with Crippen molar-refractivity contribution in [2.75, 3.05) is 17.7 Å². The van der Waals surface area contributed by atoms with Crippen LogP contribution in [-0.4, -0.2) is 23.6 Å². The fourth-order valence-corrected chi connectivity index (χ4v) is 3.07. The summed E-state index contributed by atoms with van der Waals surface area (Å²) in [6, 6.07) is 8.81. The maximum Gasteiger partial charge on any atom is 0.417 e. The first-order chi connectivity index (χ1) is 12.1. The third kappa shape index (κ3) is 4.89. The molecule has 0 aromatic heterocycles. The van der Waals surface area contributed by atoms with Crippen molar-refractivity contribution >= 4 is 40.6 Å². The average molecular weight is 405 g/mol. The molecule has 1 amide bonds. The van der Waals surface area contributed by atoms with E-state index in [2.05, 4.69) is 0 Å². The quantitative estimate of drug-likeness (QED) is 0.398. The summed E-state index contributed by atoms with van der Waals surface area (Å²) in [6.07, 6.45) is -4.58. The first-order valence-electron chi connectivity index (χ1n) is 7.10. The van der Waals surface area contributed by atoms with Crippen LogP contribution >= 0.6 is 23.4 Å². The Morgan fingerprint density at radius 2 is 1.85 bits per heavy atom.